The first-order chi connectivity index (χ1) is 27.6. The number of piperazine rings is 1. The number of anilines is 2. The maximum Gasteiger partial charge on any atom is 0.255 e. The lowest BCUT2D eigenvalue weighted by atomic mass is 10.0. The van der Waals surface area contributed by atoms with Crippen LogP contribution in [-0.4, -0.2) is 109 Å². The average Bonchev–Trinajstić information content (AvgIpc) is 3.55. The number of imide groups is 1. The maximum atomic E-state index is 13.3. The van der Waals surface area contributed by atoms with Gasteiger partial charge in [0.15, 0.2) is 11.5 Å². The quantitative estimate of drug-likeness (QED) is 0.0969. The number of amides is 4. The van der Waals surface area contributed by atoms with Gasteiger partial charge in [0.1, 0.15) is 17.9 Å². The van der Waals surface area contributed by atoms with Gasteiger partial charge in [0.2, 0.25) is 17.7 Å². The molecule has 4 amide bonds. The van der Waals surface area contributed by atoms with E-state index in [1.54, 1.807) is 43.5 Å². The lowest BCUT2D eigenvalue weighted by Crippen LogP contribution is -2.52. The van der Waals surface area contributed by atoms with E-state index >= 15 is 0 Å². The van der Waals surface area contributed by atoms with Crippen molar-refractivity contribution < 1.29 is 33.4 Å². The minimum Gasteiger partial charge on any atom is -0.495 e. The van der Waals surface area contributed by atoms with E-state index in [-0.39, 0.29) is 36.4 Å². The van der Waals surface area contributed by atoms with Gasteiger partial charge in [-0.15, -0.1) is 11.8 Å². The molecule has 3 aliphatic rings. The number of hydrogen-bond acceptors (Lipinski definition) is 12. The molecule has 3 aromatic carbocycles. The fraction of sp³-hybridized carbons (Fsp3) is 0.350. The number of carbonyl (C=O) groups is 4. The first-order valence-corrected chi connectivity index (χ1v) is 20.1. The Balaban J connectivity index is 0.898. The number of nitrogens with one attached hydrogen (secondary N) is 2. The first kappa shape index (κ1) is 39.9. The highest BCUT2D eigenvalue weighted by atomic mass is 35.5. The van der Waals surface area contributed by atoms with Crippen LogP contribution >= 0.6 is 35.0 Å². The number of methoxy groups -OCH3 is 2. The second kappa shape index (κ2) is 17.5. The van der Waals surface area contributed by atoms with E-state index in [2.05, 4.69) is 26.6 Å². The molecule has 2 saturated heterocycles. The highest BCUT2D eigenvalue weighted by molar-refractivity contribution is 8.00. The largest absolute Gasteiger partial charge is 0.495 e. The SMILES string of the molecule is COc1cc(Nc2c(C#N)cnc3cc(OCCCN4CCN(C(=O)CSc5cccc6c5CN(C5CCC(=O)NC5=O)C6=O)CC4)c(OC)cc23)c(Cl)cc1Cl. The molecule has 4 heterocycles. The van der Waals surface area contributed by atoms with Crippen LogP contribution in [0.4, 0.5) is 11.4 Å². The van der Waals surface area contributed by atoms with Crippen molar-refractivity contribution in [3.05, 3.63) is 75.4 Å². The predicted molar refractivity (Wildman–Crippen MR) is 216 cm³/mol. The van der Waals surface area contributed by atoms with Gasteiger partial charge in [-0.3, -0.25) is 34.4 Å². The molecule has 0 radical (unpaired) electrons. The molecule has 0 spiro atoms. The molecule has 14 nitrogen and oxygen atoms in total. The van der Waals surface area contributed by atoms with Gasteiger partial charge in [0.05, 0.1) is 59.1 Å². The van der Waals surface area contributed by atoms with Gasteiger partial charge >= 0.3 is 0 Å². The van der Waals surface area contributed by atoms with Gasteiger partial charge in [0, 0.05) is 79.9 Å². The summed E-state index contributed by atoms with van der Waals surface area (Å²) in [5, 5.41) is 16.8. The number of ether oxygens (including phenoxy) is 3. The molecule has 4 aromatic rings. The van der Waals surface area contributed by atoms with E-state index in [4.69, 9.17) is 37.4 Å². The molecule has 2 fully saturated rings. The third-order valence-electron chi connectivity index (χ3n) is 10.3. The van der Waals surface area contributed by atoms with Crippen LogP contribution in [0.5, 0.6) is 17.2 Å². The van der Waals surface area contributed by atoms with Crippen LogP contribution in [0, 0.1) is 11.3 Å². The van der Waals surface area contributed by atoms with Crippen LogP contribution in [0.3, 0.4) is 0 Å². The number of fused-ring (bicyclic) bond motifs is 2. The van der Waals surface area contributed by atoms with Crippen LogP contribution in [0.15, 0.2) is 53.6 Å². The summed E-state index contributed by atoms with van der Waals surface area (Å²) in [7, 11) is 3.05. The van der Waals surface area contributed by atoms with Crippen molar-refractivity contribution in [2.24, 2.45) is 0 Å². The molecule has 1 unspecified atom stereocenters. The van der Waals surface area contributed by atoms with E-state index in [0.29, 0.717) is 86.8 Å². The number of pyridine rings is 1. The minimum absolute atomic E-state index is 0.0279. The molecular formula is C40H39Cl2N7O7S. The summed E-state index contributed by atoms with van der Waals surface area (Å²) in [6, 6.07) is 13.7. The lowest BCUT2D eigenvalue weighted by molar-refractivity contribution is -0.137. The van der Waals surface area contributed by atoms with E-state index in [0.717, 1.165) is 36.5 Å². The molecule has 57 heavy (non-hydrogen) atoms. The van der Waals surface area contributed by atoms with Crippen molar-refractivity contribution in [1.29, 1.82) is 5.26 Å². The van der Waals surface area contributed by atoms with Gasteiger partial charge in [0.25, 0.3) is 5.91 Å². The van der Waals surface area contributed by atoms with Crippen molar-refractivity contribution in [3.63, 3.8) is 0 Å². The highest BCUT2D eigenvalue weighted by Gasteiger charge is 2.40. The summed E-state index contributed by atoms with van der Waals surface area (Å²) in [6.07, 6.45) is 2.72. The third kappa shape index (κ3) is 8.55. The Labute approximate surface area is 343 Å². The number of nitrogens with zero attached hydrogens (tertiary/aromatic N) is 5. The maximum absolute atomic E-state index is 13.3. The normalized spacial score (nSPS) is 17.0. The lowest BCUT2D eigenvalue weighted by Gasteiger charge is -2.34. The molecule has 1 atom stereocenters. The van der Waals surface area contributed by atoms with Crippen LogP contribution < -0.4 is 24.8 Å². The van der Waals surface area contributed by atoms with Crippen LogP contribution in [0.1, 0.15) is 40.7 Å². The fourth-order valence-electron chi connectivity index (χ4n) is 7.22. The molecule has 296 valence electrons. The third-order valence-corrected chi connectivity index (χ3v) is 12.0. The number of piperidine rings is 1. The van der Waals surface area contributed by atoms with Gasteiger partial charge in [-0.2, -0.15) is 5.26 Å². The zero-order valence-electron chi connectivity index (χ0n) is 31.2. The summed E-state index contributed by atoms with van der Waals surface area (Å²) in [5.41, 5.74) is 3.23. The Bertz CT molecular complexity index is 2300. The summed E-state index contributed by atoms with van der Waals surface area (Å²) in [5.74, 6) is 0.676. The summed E-state index contributed by atoms with van der Waals surface area (Å²) >= 11 is 14.1. The van der Waals surface area contributed by atoms with Crippen molar-refractivity contribution >= 4 is 80.9 Å². The summed E-state index contributed by atoms with van der Waals surface area (Å²) in [4.78, 5) is 61.6. The number of rotatable bonds is 13. The van der Waals surface area contributed by atoms with Gasteiger partial charge in [-0.1, -0.05) is 29.3 Å². The van der Waals surface area contributed by atoms with E-state index in [9.17, 15) is 24.4 Å². The van der Waals surface area contributed by atoms with Crippen molar-refractivity contribution in [3.8, 4) is 23.3 Å². The Kier molecular flexibility index (Phi) is 12.2. The number of nitriles is 1. The van der Waals surface area contributed by atoms with Crippen molar-refractivity contribution in [1.82, 2.24) is 25.0 Å². The first-order valence-electron chi connectivity index (χ1n) is 18.3. The van der Waals surface area contributed by atoms with Crippen molar-refractivity contribution in [2.75, 3.05) is 64.6 Å². The standard InChI is InChI=1S/C40H39Cl2N7O7S/c1-54-32-18-30(27(41)16-28(32)42)45-38-23(19-43)20-44-29-17-34(33(55-2)15-25(29)38)56-14-4-9-47-10-12-48(13-11-47)37(51)22-57-35-6-3-5-24-26(35)21-49(40(24)53)31-7-8-36(50)46-39(31)52/h3,5-6,15-18,20,31H,4,7-14,21-22H2,1-2H3,(H,44,45)(H,46,50,52). The number of benzene rings is 3. The zero-order valence-corrected chi connectivity index (χ0v) is 33.6. The predicted octanol–water partition coefficient (Wildman–Crippen LogP) is 5.64. The topological polar surface area (TPSA) is 166 Å². The smallest absolute Gasteiger partial charge is 0.255 e. The Morgan fingerprint density at radius 1 is 1.04 bits per heavy atom. The number of aromatic nitrogens is 1. The number of halogens is 2. The zero-order chi connectivity index (χ0) is 40.2. The van der Waals surface area contributed by atoms with Crippen molar-refractivity contribution in [2.45, 2.75) is 36.7 Å². The Morgan fingerprint density at radius 2 is 1.82 bits per heavy atom. The second-order valence-electron chi connectivity index (χ2n) is 13.7. The Morgan fingerprint density at radius 3 is 2.56 bits per heavy atom. The van der Waals surface area contributed by atoms with E-state index in [1.807, 2.05) is 11.0 Å². The molecule has 7 rings (SSSR count). The van der Waals surface area contributed by atoms with Crippen LogP contribution in [0.2, 0.25) is 10.0 Å². The molecule has 0 bridgehead atoms. The second-order valence-corrected chi connectivity index (χ2v) is 15.5. The number of carbonyl (C=O) groups excluding carboxylic acids is 4. The molecular weight excluding hydrogens is 793 g/mol. The molecule has 0 saturated carbocycles. The molecule has 1 aromatic heterocycles. The molecule has 0 aliphatic carbocycles. The molecule has 17 heteroatoms. The van der Waals surface area contributed by atoms with Crippen LogP contribution in [-0.2, 0) is 20.9 Å². The van der Waals surface area contributed by atoms with E-state index in [1.165, 1.54) is 30.0 Å². The summed E-state index contributed by atoms with van der Waals surface area (Å²) in [6.45, 7) is 4.15. The average molecular weight is 833 g/mol. The summed E-state index contributed by atoms with van der Waals surface area (Å²) < 4.78 is 17.2. The monoisotopic (exact) mass is 831 g/mol. The van der Waals surface area contributed by atoms with Crippen LogP contribution in [0.25, 0.3) is 10.9 Å². The van der Waals surface area contributed by atoms with Gasteiger partial charge in [-0.25, -0.2) is 0 Å². The van der Waals surface area contributed by atoms with E-state index < -0.39 is 11.9 Å². The Hall–Kier alpha value is -5.27. The molecule has 2 N–H and O–H groups in total. The van der Waals surface area contributed by atoms with Gasteiger partial charge in [-0.05, 0) is 42.7 Å². The minimum atomic E-state index is -0.687. The number of hydrogen-bond donors (Lipinski definition) is 2. The van der Waals surface area contributed by atoms with Gasteiger partial charge < -0.3 is 29.3 Å². The molecule has 3 aliphatic heterocycles. The highest BCUT2D eigenvalue weighted by Crippen LogP contribution is 2.41. The fourth-order valence-corrected chi connectivity index (χ4v) is 8.71. The number of thioether (sulfide) groups is 1.